The van der Waals surface area contributed by atoms with Crippen molar-refractivity contribution < 1.29 is 18.7 Å². The number of hydrogen-bond donors (Lipinski definition) is 1. The van der Waals surface area contributed by atoms with Crippen molar-refractivity contribution in [3.8, 4) is 0 Å². The van der Waals surface area contributed by atoms with Gasteiger partial charge in [-0.1, -0.05) is 29.8 Å². The first-order chi connectivity index (χ1) is 13.9. The summed E-state index contributed by atoms with van der Waals surface area (Å²) in [5.41, 5.74) is 1.15. The number of furan rings is 1. The number of ether oxygens (including phenoxy) is 1. The van der Waals surface area contributed by atoms with Gasteiger partial charge in [0.15, 0.2) is 0 Å². The number of pyridine rings is 1. The Morgan fingerprint density at radius 1 is 1.21 bits per heavy atom. The van der Waals surface area contributed by atoms with Crippen molar-refractivity contribution in [2.75, 3.05) is 7.11 Å². The number of carbonyl (C=O) groups is 2. The molecule has 3 rings (SSSR count). The molecule has 0 aliphatic heterocycles. The smallest absolute Gasteiger partial charge is 0.341 e. The minimum Gasteiger partial charge on any atom is -0.465 e. The van der Waals surface area contributed by atoms with Crippen LogP contribution in [0.3, 0.4) is 0 Å². The zero-order valence-electron chi connectivity index (χ0n) is 15.9. The first-order valence-corrected chi connectivity index (χ1v) is 9.16. The number of methoxy groups -OCH3 is 1. The van der Waals surface area contributed by atoms with Gasteiger partial charge in [0.1, 0.15) is 17.1 Å². The number of nitrogens with zero attached hydrogens (tertiary/aromatic N) is 1. The van der Waals surface area contributed by atoms with Crippen LogP contribution in [0.5, 0.6) is 0 Å². The molecule has 0 atom stereocenters. The van der Waals surface area contributed by atoms with E-state index in [4.69, 9.17) is 16.0 Å². The standard InChI is InChI=1S/C21H19ClN2O5/c1-13-17(21(27)28-2)9-16(29-13)10-23-20(26)15-7-8-19(25)24(12-15)11-14-5-3-4-6-18(14)22/h3-9,12H,10-11H2,1-2H3,(H,23,26). The number of carbonyl (C=O) groups excluding carboxylic acids is 2. The molecule has 1 amide bonds. The van der Waals surface area contributed by atoms with E-state index in [1.54, 1.807) is 19.1 Å². The van der Waals surface area contributed by atoms with Gasteiger partial charge in [0.2, 0.25) is 0 Å². The maximum atomic E-state index is 12.5. The lowest BCUT2D eigenvalue weighted by Crippen LogP contribution is -2.26. The highest BCUT2D eigenvalue weighted by molar-refractivity contribution is 6.31. The maximum Gasteiger partial charge on any atom is 0.341 e. The first-order valence-electron chi connectivity index (χ1n) is 8.78. The Kier molecular flexibility index (Phi) is 6.19. The summed E-state index contributed by atoms with van der Waals surface area (Å²) in [4.78, 5) is 36.3. The highest BCUT2D eigenvalue weighted by Crippen LogP contribution is 2.17. The van der Waals surface area contributed by atoms with Crippen LogP contribution in [0.2, 0.25) is 5.02 Å². The van der Waals surface area contributed by atoms with E-state index in [9.17, 15) is 14.4 Å². The molecule has 0 fully saturated rings. The molecule has 0 bridgehead atoms. The van der Waals surface area contributed by atoms with Crippen LogP contribution < -0.4 is 10.9 Å². The number of nitrogens with one attached hydrogen (secondary N) is 1. The molecule has 1 N–H and O–H groups in total. The third-order valence-corrected chi connectivity index (χ3v) is 4.71. The summed E-state index contributed by atoms with van der Waals surface area (Å²) in [6.45, 7) is 1.97. The number of amides is 1. The first kappa shape index (κ1) is 20.4. The molecule has 0 aliphatic carbocycles. The fourth-order valence-electron chi connectivity index (χ4n) is 2.81. The van der Waals surface area contributed by atoms with Crippen LogP contribution in [0.1, 0.15) is 37.8 Å². The van der Waals surface area contributed by atoms with Crippen molar-refractivity contribution in [3.05, 3.63) is 92.2 Å². The third kappa shape index (κ3) is 4.75. The van der Waals surface area contributed by atoms with Crippen molar-refractivity contribution in [1.29, 1.82) is 0 Å². The lowest BCUT2D eigenvalue weighted by Gasteiger charge is -2.10. The second kappa shape index (κ2) is 8.79. The van der Waals surface area contributed by atoms with E-state index in [2.05, 4.69) is 10.1 Å². The van der Waals surface area contributed by atoms with E-state index >= 15 is 0 Å². The summed E-state index contributed by atoms with van der Waals surface area (Å²) in [5, 5.41) is 3.25. The van der Waals surface area contributed by atoms with Crippen LogP contribution >= 0.6 is 11.6 Å². The monoisotopic (exact) mass is 414 g/mol. The Balaban J connectivity index is 1.72. The average molecular weight is 415 g/mol. The predicted octanol–water partition coefficient (Wildman–Crippen LogP) is 3.17. The Morgan fingerprint density at radius 3 is 2.69 bits per heavy atom. The predicted molar refractivity (Wildman–Crippen MR) is 107 cm³/mol. The zero-order valence-corrected chi connectivity index (χ0v) is 16.7. The minimum atomic E-state index is -0.504. The number of hydrogen-bond acceptors (Lipinski definition) is 5. The highest BCUT2D eigenvalue weighted by Gasteiger charge is 2.16. The van der Waals surface area contributed by atoms with Gasteiger partial charge in [-0.3, -0.25) is 9.59 Å². The van der Waals surface area contributed by atoms with E-state index < -0.39 is 5.97 Å². The van der Waals surface area contributed by atoms with Gasteiger partial charge in [0, 0.05) is 17.3 Å². The summed E-state index contributed by atoms with van der Waals surface area (Å²) in [6, 6.07) is 11.5. The van der Waals surface area contributed by atoms with Gasteiger partial charge in [-0.25, -0.2) is 4.79 Å². The lowest BCUT2D eigenvalue weighted by atomic mass is 10.2. The molecule has 3 aromatic rings. The zero-order chi connectivity index (χ0) is 21.0. The summed E-state index contributed by atoms with van der Waals surface area (Å²) >= 11 is 6.16. The van der Waals surface area contributed by atoms with Crippen molar-refractivity contribution in [2.24, 2.45) is 0 Å². The quantitative estimate of drug-likeness (QED) is 0.625. The second-order valence-electron chi connectivity index (χ2n) is 6.33. The fourth-order valence-corrected chi connectivity index (χ4v) is 3.01. The SMILES string of the molecule is COC(=O)c1cc(CNC(=O)c2ccc(=O)n(Cc3ccccc3Cl)c2)oc1C. The molecule has 0 saturated heterocycles. The Bertz CT molecular complexity index is 1120. The maximum absolute atomic E-state index is 12.5. The fraction of sp³-hybridized carbons (Fsp3) is 0.190. The van der Waals surface area contributed by atoms with Crippen LogP contribution in [0.25, 0.3) is 0 Å². The molecule has 150 valence electrons. The largest absolute Gasteiger partial charge is 0.465 e. The van der Waals surface area contributed by atoms with Gasteiger partial charge >= 0.3 is 5.97 Å². The Labute approximate surface area is 171 Å². The van der Waals surface area contributed by atoms with Gasteiger partial charge in [0.25, 0.3) is 11.5 Å². The molecular weight excluding hydrogens is 396 g/mol. The number of esters is 1. The van der Waals surface area contributed by atoms with E-state index in [0.717, 1.165) is 5.56 Å². The molecule has 29 heavy (non-hydrogen) atoms. The third-order valence-electron chi connectivity index (χ3n) is 4.34. The number of aromatic nitrogens is 1. The molecule has 0 spiro atoms. The summed E-state index contributed by atoms with van der Waals surface area (Å²) in [7, 11) is 1.29. The highest BCUT2D eigenvalue weighted by atomic mass is 35.5. The van der Waals surface area contributed by atoms with Gasteiger partial charge in [-0.2, -0.15) is 0 Å². The molecule has 2 heterocycles. The topological polar surface area (TPSA) is 90.5 Å². The number of benzene rings is 1. The molecule has 8 heteroatoms. The van der Waals surface area contributed by atoms with Crippen LogP contribution in [0.15, 0.2) is 57.9 Å². The van der Waals surface area contributed by atoms with Crippen molar-refractivity contribution >= 4 is 23.5 Å². The normalized spacial score (nSPS) is 10.6. The molecule has 0 aliphatic rings. The number of aryl methyl sites for hydroxylation is 1. The van der Waals surface area contributed by atoms with Gasteiger partial charge < -0.3 is 19.0 Å². The van der Waals surface area contributed by atoms with Crippen molar-refractivity contribution in [3.63, 3.8) is 0 Å². The number of rotatable bonds is 6. The summed E-state index contributed by atoms with van der Waals surface area (Å²) < 4.78 is 11.6. The molecular formula is C21H19ClN2O5. The molecule has 0 radical (unpaired) electrons. The molecule has 0 unspecified atom stereocenters. The van der Waals surface area contributed by atoms with Crippen molar-refractivity contribution in [1.82, 2.24) is 9.88 Å². The molecule has 2 aromatic heterocycles. The Hall–Kier alpha value is -3.32. The van der Waals surface area contributed by atoms with Gasteiger partial charge in [-0.05, 0) is 30.7 Å². The summed E-state index contributed by atoms with van der Waals surface area (Å²) in [5.74, 6) is -0.0583. The van der Waals surface area contributed by atoms with Crippen LogP contribution in [0.4, 0.5) is 0 Å². The Morgan fingerprint density at radius 2 is 1.97 bits per heavy atom. The van der Waals surface area contributed by atoms with Crippen LogP contribution in [0, 0.1) is 6.92 Å². The van der Waals surface area contributed by atoms with E-state index in [0.29, 0.717) is 27.7 Å². The van der Waals surface area contributed by atoms with Crippen LogP contribution in [-0.4, -0.2) is 23.6 Å². The lowest BCUT2D eigenvalue weighted by molar-refractivity contribution is 0.0598. The van der Waals surface area contributed by atoms with E-state index in [-0.39, 0.29) is 24.6 Å². The molecule has 0 saturated carbocycles. The number of halogens is 1. The van der Waals surface area contributed by atoms with E-state index in [1.165, 1.54) is 36.1 Å². The average Bonchev–Trinajstić information content (AvgIpc) is 3.09. The van der Waals surface area contributed by atoms with Crippen molar-refractivity contribution in [2.45, 2.75) is 20.0 Å². The second-order valence-corrected chi connectivity index (χ2v) is 6.74. The molecule has 1 aromatic carbocycles. The van der Waals surface area contributed by atoms with Crippen LogP contribution in [-0.2, 0) is 17.8 Å². The van der Waals surface area contributed by atoms with Gasteiger partial charge in [0.05, 0.1) is 25.8 Å². The minimum absolute atomic E-state index is 0.0836. The van der Waals surface area contributed by atoms with Gasteiger partial charge in [-0.15, -0.1) is 0 Å². The van der Waals surface area contributed by atoms with E-state index in [1.807, 2.05) is 12.1 Å². The molecule has 7 nitrogen and oxygen atoms in total. The summed E-state index contributed by atoms with van der Waals surface area (Å²) in [6.07, 6.45) is 1.48.